The molecule has 2 amide bonds. The Morgan fingerprint density at radius 2 is 1.91 bits per heavy atom. The van der Waals surface area contributed by atoms with Gasteiger partial charge in [0, 0.05) is 29.6 Å². The first-order chi connectivity index (χ1) is 20.5. The molecule has 0 aromatic carbocycles. The van der Waals surface area contributed by atoms with E-state index in [-0.39, 0.29) is 61.7 Å². The molecule has 4 rings (SSSR count). The van der Waals surface area contributed by atoms with Crippen LogP contribution in [0.2, 0.25) is 0 Å². The number of nitrogens with one attached hydrogen (secondary N) is 2. The third kappa shape index (κ3) is 5.55. The van der Waals surface area contributed by atoms with E-state index < -0.39 is 46.1 Å². The second kappa shape index (κ2) is 12.5. The highest BCUT2D eigenvalue weighted by Crippen LogP contribution is 2.70. The minimum absolute atomic E-state index is 0.00396. The Hall–Kier alpha value is -2.92. The van der Waals surface area contributed by atoms with E-state index in [2.05, 4.69) is 15.8 Å². The molecule has 10 nitrogen and oxygen atoms in total. The van der Waals surface area contributed by atoms with Gasteiger partial charge in [0.05, 0.1) is 24.5 Å². The maximum absolute atomic E-state index is 17.4. The topological polar surface area (TPSA) is 154 Å². The average molecular weight is 618 g/mol. The van der Waals surface area contributed by atoms with E-state index >= 15 is 4.39 Å². The maximum atomic E-state index is 17.4. The van der Waals surface area contributed by atoms with Crippen molar-refractivity contribution in [3.8, 4) is 0 Å². The summed E-state index contributed by atoms with van der Waals surface area (Å²) in [4.78, 5) is 48.4. The number of carbonyl (C=O) groups excluding carboxylic acids is 4. The van der Waals surface area contributed by atoms with Crippen LogP contribution in [0.1, 0.15) is 92.9 Å². The molecule has 0 bridgehead atoms. The molecule has 0 heterocycles. The lowest BCUT2D eigenvalue weighted by atomic mass is 9.44. The first-order valence-corrected chi connectivity index (χ1v) is 15.9. The van der Waals surface area contributed by atoms with Crippen LogP contribution >= 0.6 is 0 Å². The number of alkyl halides is 1. The predicted molar refractivity (Wildman–Crippen MR) is 162 cm³/mol. The fraction of sp³-hybridized carbons (Fsp3) is 0.727. The smallest absolute Gasteiger partial charge is 0.407 e. The van der Waals surface area contributed by atoms with E-state index in [0.717, 1.165) is 0 Å². The number of rotatable bonds is 10. The summed E-state index contributed by atoms with van der Waals surface area (Å²) in [7, 11) is 0. The second-order valence-corrected chi connectivity index (χ2v) is 13.8. The maximum Gasteiger partial charge on any atom is 0.407 e. The van der Waals surface area contributed by atoms with Crippen molar-refractivity contribution in [2.45, 2.75) is 116 Å². The van der Waals surface area contributed by atoms with Gasteiger partial charge < -0.3 is 20.3 Å². The number of Topliss-reactive ketones (excluding diaryl/α,β-unsaturated/α-hetero) is 1. The Kier molecular flexibility index (Phi) is 9.62. The highest BCUT2D eigenvalue weighted by atomic mass is 19.1. The molecule has 44 heavy (non-hydrogen) atoms. The zero-order valence-corrected chi connectivity index (χ0v) is 26.7. The fourth-order valence-electron chi connectivity index (χ4n) is 8.74. The van der Waals surface area contributed by atoms with Crippen molar-refractivity contribution in [2.75, 3.05) is 6.54 Å². The van der Waals surface area contributed by atoms with Crippen LogP contribution in [0.3, 0.4) is 0 Å². The van der Waals surface area contributed by atoms with Gasteiger partial charge >= 0.3 is 6.09 Å². The quantitative estimate of drug-likeness (QED) is 0.213. The molecule has 4 aliphatic carbocycles. The number of ketones is 2. The van der Waals surface area contributed by atoms with Gasteiger partial charge in [0.25, 0.3) is 0 Å². The molecule has 3 saturated carbocycles. The molecule has 0 aliphatic heterocycles. The summed E-state index contributed by atoms with van der Waals surface area (Å²) in [5.41, 5.74) is -1.90. The van der Waals surface area contributed by atoms with Crippen molar-refractivity contribution in [3.63, 3.8) is 0 Å². The number of nitrogens with zero attached hydrogens (tertiary/aromatic N) is 1. The van der Waals surface area contributed by atoms with Crippen molar-refractivity contribution in [1.29, 1.82) is 0 Å². The Balaban J connectivity index is 1.45. The molecule has 8 atom stereocenters. The van der Waals surface area contributed by atoms with E-state index in [0.29, 0.717) is 37.0 Å². The largest absolute Gasteiger partial charge is 0.447 e. The molecular formula is C33H48FN3O7. The number of hydrazone groups is 1. The van der Waals surface area contributed by atoms with E-state index in [1.165, 1.54) is 12.2 Å². The zero-order valence-electron chi connectivity index (χ0n) is 26.7. The van der Waals surface area contributed by atoms with E-state index in [4.69, 9.17) is 4.74 Å². The number of allylic oxidation sites excluding steroid dienone is 4. The van der Waals surface area contributed by atoms with Crippen molar-refractivity contribution in [3.05, 3.63) is 23.8 Å². The second-order valence-electron chi connectivity index (χ2n) is 13.8. The molecule has 0 unspecified atom stereocenters. The minimum atomic E-state index is -2.00. The molecular weight excluding hydrogens is 569 g/mol. The molecule has 3 fully saturated rings. The number of carbonyl (C=O) groups is 4. The molecule has 4 aliphatic rings. The van der Waals surface area contributed by atoms with Gasteiger partial charge in [-0.05, 0) is 83.3 Å². The Morgan fingerprint density at radius 3 is 2.57 bits per heavy atom. The normalized spacial score (nSPS) is 37.9. The lowest BCUT2D eigenvalue weighted by Crippen LogP contribution is -2.69. The highest BCUT2D eigenvalue weighted by Gasteiger charge is 2.75. The van der Waals surface area contributed by atoms with Crippen LogP contribution in [-0.4, -0.2) is 69.5 Å². The molecule has 0 aromatic rings. The van der Waals surface area contributed by atoms with Gasteiger partial charge in [-0.15, -0.1) is 0 Å². The number of fused-ring (bicyclic) bond motifs is 5. The van der Waals surface area contributed by atoms with Crippen LogP contribution in [0.25, 0.3) is 0 Å². The van der Waals surface area contributed by atoms with Gasteiger partial charge in [-0.3, -0.25) is 14.4 Å². The Bertz CT molecular complexity index is 1280. The first kappa shape index (κ1) is 34.0. The number of halogens is 1. The molecule has 4 N–H and O–H groups in total. The monoisotopic (exact) mass is 617 g/mol. The standard InChI is InChI=1S/C33H48FN3O7/c1-7-26(36-37-28(41)10-8-9-23(39)18-35-29(42)44-19(2)3)33(43)20(4)15-25-24-12-11-21-16-22(38)13-14-30(21,5)32(24,34)27(40)17-31(25,33)6/h13-14,16,19-20,24-25,27,40,43H,7-12,15,17-18H2,1-6H3,(H,35,42)(H,37,41)/b36-26-/t20-,24+,25+,27+,30+,31+,32+,33+/m1/s1. The third-order valence-electron chi connectivity index (χ3n) is 10.9. The SMILES string of the molecule is CC/C(=N/NC(=O)CCCC(=O)CNC(=O)OC(C)C)[C@@]1(O)[C@H](C)C[C@H]2[C@@H]3CCC4=CC(=O)C=C[C@]4(C)[C@@]3(F)[C@@H](O)C[C@@]21C. The predicted octanol–water partition coefficient (Wildman–Crippen LogP) is 4.09. The fourth-order valence-corrected chi connectivity index (χ4v) is 8.74. The highest BCUT2D eigenvalue weighted by molar-refractivity contribution is 6.01. The summed E-state index contributed by atoms with van der Waals surface area (Å²) in [6.07, 6.45) is 4.38. The number of aliphatic hydroxyl groups is 2. The average Bonchev–Trinajstić information content (AvgIpc) is 3.14. The van der Waals surface area contributed by atoms with Crippen LogP contribution in [-0.2, 0) is 19.1 Å². The zero-order chi connectivity index (χ0) is 32.7. The number of ether oxygens (including phenoxy) is 1. The Morgan fingerprint density at radius 1 is 1.20 bits per heavy atom. The lowest BCUT2D eigenvalue weighted by Gasteiger charge is -2.62. The molecule has 0 radical (unpaired) electrons. The number of hydrogen-bond acceptors (Lipinski definition) is 8. The molecule has 0 spiro atoms. The minimum Gasteiger partial charge on any atom is -0.447 e. The van der Waals surface area contributed by atoms with Crippen LogP contribution < -0.4 is 10.7 Å². The van der Waals surface area contributed by atoms with Crippen LogP contribution in [0.4, 0.5) is 9.18 Å². The summed E-state index contributed by atoms with van der Waals surface area (Å²) < 4.78 is 22.3. The van der Waals surface area contributed by atoms with Crippen LogP contribution in [0.15, 0.2) is 28.9 Å². The van der Waals surface area contributed by atoms with Crippen molar-refractivity contribution in [2.24, 2.45) is 33.7 Å². The van der Waals surface area contributed by atoms with Crippen LogP contribution in [0.5, 0.6) is 0 Å². The van der Waals surface area contributed by atoms with Crippen molar-refractivity contribution >= 4 is 29.3 Å². The van der Waals surface area contributed by atoms with E-state index in [1.54, 1.807) is 26.8 Å². The van der Waals surface area contributed by atoms with Gasteiger partial charge in [-0.25, -0.2) is 14.6 Å². The van der Waals surface area contributed by atoms with Gasteiger partial charge in [-0.1, -0.05) is 32.4 Å². The Labute approximate surface area is 258 Å². The van der Waals surface area contributed by atoms with Crippen LogP contribution in [0, 0.1) is 28.6 Å². The number of aliphatic hydroxyl groups excluding tert-OH is 1. The van der Waals surface area contributed by atoms with Gasteiger partial charge in [-0.2, -0.15) is 5.10 Å². The number of amides is 2. The first-order valence-electron chi connectivity index (χ1n) is 15.9. The van der Waals surface area contributed by atoms with Gasteiger partial charge in [0.1, 0.15) is 5.60 Å². The summed E-state index contributed by atoms with van der Waals surface area (Å²) in [5.74, 6) is -1.94. The molecule has 11 heteroatoms. The number of alkyl carbamates (subject to hydrolysis) is 1. The third-order valence-corrected chi connectivity index (χ3v) is 10.9. The summed E-state index contributed by atoms with van der Waals surface area (Å²) in [6.45, 7) is 10.6. The molecule has 244 valence electrons. The lowest BCUT2D eigenvalue weighted by molar-refractivity contribution is -0.208. The summed E-state index contributed by atoms with van der Waals surface area (Å²) in [5, 5.41) is 30.8. The summed E-state index contributed by atoms with van der Waals surface area (Å²) >= 11 is 0. The van der Waals surface area contributed by atoms with Gasteiger partial charge in [0.15, 0.2) is 17.2 Å². The van der Waals surface area contributed by atoms with Crippen molar-refractivity contribution < 1.29 is 38.5 Å². The van der Waals surface area contributed by atoms with E-state index in [9.17, 15) is 29.4 Å². The van der Waals surface area contributed by atoms with Crippen molar-refractivity contribution in [1.82, 2.24) is 10.7 Å². The van der Waals surface area contributed by atoms with E-state index in [1.807, 2.05) is 20.8 Å². The van der Waals surface area contributed by atoms with Gasteiger partial charge in [0.2, 0.25) is 5.91 Å². The molecule has 0 saturated heterocycles. The summed E-state index contributed by atoms with van der Waals surface area (Å²) in [6, 6.07) is 0. The molecule has 0 aromatic heterocycles. The number of hydrogen-bond donors (Lipinski definition) is 4.